The molecule has 1 aromatic heterocycles. The highest BCUT2D eigenvalue weighted by Crippen LogP contribution is 2.17. The first kappa shape index (κ1) is 16.7. The molecule has 0 saturated carbocycles. The van der Waals surface area contributed by atoms with Crippen molar-refractivity contribution in [2.24, 2.45) is 0 Å². The first-order valence-corrected chi connectivity index (χ1v) is 7.90. The number of pyridine rings is 1. The highest BCUT2D eigenvalue weighted by molar-refractivity contribution is 5.97. The van der Waals surface area contributed by atoms with Crippen molar-refractivity contribution < 1.29 is 13.9 Å². The summed E-state index contributed by atoms with van der Waals surface area (Å²) < 4.78 is 19.0. The zero-order valence-corrected chi connectivity index (χ0v) is 13.6. The fourth-order valence-electron chi connectivity index (χ4n) is 2.54. The Morgan fingerprint density at radius 3 is 2.80 bits per heavy atom. The van der Waals surface area contributed by atoms with E-state index >= 15 is 0 Å². The van der Waals surface area contributed by atoms with Gasteiger partial charge in [-0.05, 0) is 31.2 Å². The third-order valence-corrected chi connectivity index (χ3v) is 3.81. The van der Waals surface area contributed by atoms with Crippen molar-refractivity contribution in [3.63, 3.8) is 0 Å². The SMILES string of the molecule is CCOc1ccc2[nH]cc(C(=O)NCc3ccccc3F)c(=O)c2c1. The maximum atomic E-state index is 13.6. The van der Waals surface area contributed by atoms with Gasteiger partial charge < -0.3 is 15.0 Å². The number of nitrogens with one attached hydrogen (secondary N) is 2. The highest BCUT2D eigenvalue weighted by Gasteiger charge is 2.14. The number of H-pyrrole nitrogens is 1. The number of benzene rings is 2. The summed E-state index contributed by atoms with van der Waals surface area (Å²) in [6, 6.07) is 11.2. The Morgan fingerprint density at radius 2 is 2.04 bits per heavy atom. The van der Waals surface area contributed by atoms with Crippen LogP contribution in [0.3, 0.4) is 0 Å². The number of fused-ring (bicyclic) bond motifs is 1. The van der Waals surface area contributed by atoms with E-state index in [0.717, 1.165) is 0 Å². The van der Waals surface area contributed by atoms with Crippen LogP contribution >= 0.6 is 0 Å². The lowest BCUT2D eigenvalue weighted by Crippen LogP contribution is -2.28. The standard InChI is InChI=1S/C19H17FN2O3/c1-2-25-13-7-8-17-14(9-13)18(23)15(11-21-17)19(24)22-10-12-5-3-4-6-16(12)20/h3-9,11H,2,10H2,1H3,(H,21,23)(H,22,24). The molecule has 0 atom stereocenters. The molecular weight excluding hydrogens is 323 g/mol. The van der Waals surface area contributed by atoms with Crippen LogP contribution in [0.4, 0.5) is 4.39 Å². The van der Waals surface area contributed by atoms with Gasteiger partial charge in [0.1, 0.15) is 17.1 Å². The van der Waals surface area contributed by atoms with Crippen LogP contribution in [0, 0.1) is 5.82 Å². The second-order valence-electron chi connectivity index (χ2n) is 5.45. The average Bonchev–Trinajstić information content (AvgIpc) is 2.62. The van der Waals surface area contributed by atoms with Crippen LogP contribution in [0.2, 0.25) is 0 Å². The molecule has 1 amide bonds. The molecule has 0 radical (unpaired) electrons. The first-order chi connectivity index (χ1) is 12.1. The van der Waals surface area contributed by atoms with E-state index in [4.69, 9.17) is 4.74 Å². The number of amides is 1. The van der Waals surface area contributed by atoms with Gasteiger partial charge in [-0.3, -0.25) is 9.59 Å². The third kappa shape index (κ3) is 3.52. The van der Waals surface area contributed by atoms with E-state index in [1.54, 1.807) is 36.4 Å². The number of rotatable bonds is 5. The quantitative estimate of drug-likeness (QED) is 0.750. The normalized spacial score (nSPS) is 10.6. The largest absolute Gasteiger partial charge is 0.494 e. The summed E-state index contributed by atoms with van der Waals surface area (Å²) in [5, 5.41) is 2.94. The molecule has 0 aliphatic rings. The van der Waals surface area contributed by atoms with Crippen LogP contribution in [0.15, 0.2) is 53.5 Å². The van der Waals surface area contributed by atoms with E-state index in [1.807, 2.05) is 6.92 Å². The summed E-state index contributed by atoms with van der Waals surface area (Å²) in [7, 11) is 0. The fourth-order valence-corrected chi connectivity index (χ4v) is 2.54. The lowest BCUT2D eigenvalue weighted by molar-refractivity contribution is 0.0949. The molecule has 2 N–H and O–H groups in total. The van der Waals surface area contributed by atoms with Crippen LogP contribution in [0.1, 0.15) is 22.8 Å². The van der Waals surface area contributed by atoms with Gasteiger partial charge in [-0.2, -0.15) is 0 Å². The lowest BCUT2D eigenvalue weighted by Gasteiger charge is -2.08. The number of aromatic nitrogens is 1. The molecule has 0 aliphatic heterocycles. The van der Waals surface area contributed by atoms with Crippen molar-refractivity contribution in [3.8, 4) is 5.75 Å². The fraction of sp³-hybridized carbons (Fsp3) is 0.158. The molecule has 0 fully saturated rings. The monoisotopic (exact) mass is 340 g/mol. The molecule has 3 rings (SSSR count). The third-order valence-electron chi connectivity index (χ3n) is 3.81. The van der Waals surface area contributed by atoms with Crippen LogP contribution in [-0.2, 0) is 6.54 Å². The Bertz CT molecular complexity index is 982. The van der Waals surface area contributed by atoms with E-state index in [1.165, 1.54) is 12.3 Å². The van der Waals surface area contributed by atoms with Gasteiger partial charge in [0.15, 0.2) is 0 Å². The van der Waals surface area contributed by atoms with E-state index < -0.39 is 17.2 Å². The average molecular weight is 340 g/mol. The molecule has 128 valence electrons. The van der Waals surface area contributed by atoms with Gasteiger partial charge in [0.05, 0.1) is 6.61 Å². The maximum Gasteiger partial charge on any atom is 0.257 e. The van der Waals surface area contributed by atoms with Gasteiger partial charge in [-0.1, -0.05) is 18.2 Å². The number of halogens is 1. The Hall–Kier alpha value is -3.15. The number of ether oxygens (including phenoxy) is 1. The van der Waals surface area contributed by atoms with E-state index in [0.29, 0.717) is 28.8 Å². The molecule has 0 aliphatic carbocycles. The van der Waals surface area contributed by atoms with Crippen molar-refractivity contribution >= 4 is 16.8 Å². The van der Waals surface area contributed by atoms with Crippen molar-refractivity contribution in [2.75, 3.05) is 6.61 Å². The number of hydrogen-bond acceptors (Lipinski definition) is 3. The van der Waals surface area contributed by atoms with Gasteiger partial charge in [0.25, 0.3) is 5.91 Å². The zero-order chi connectivity index (χ0) is 17.8. The van der Waals surface area contributed by atoms with Crippen LogP contribution in [0.25, 0.3) is 10.9 Å². The number of carbonyl (C=O) groups excluding carboxylic acids is 1. The number of hydrogen-bond donors (Lipinski definition) is 2. The van der Waals surface area contributed by atoms with Crippen LogP contribution in [0.5, 0.6) is 5.75 Å². The maximum absolute atomic E-state index is 13.6. The molecule has 6 heteroatoms. The summed E-state index contributed by atoms with van der Waals surface area (Å²) in [6.07, 6.45) is 1.36. The summed E-state index contributed by atoms with van der Waals surface area (Å²) >= 11 is 0. The summed E-state index contributed by atoms with van der Waals surface area (Å²) in [5.41, 5.74) is 0.532. The Balaban J connectivity index is 1.87. The number of carbonyl (C=O) groups is 1. The molecule has 0 spiro atoms. The lowest BCUT2D eigenvalue weighted by atomic mass is 10.1. The summed E-state index contributed by atoms with van der Waals surface area (Å²) in [6.45, 7) is 2.33. The van der Waals surface area contributed by atoms with E-state index in [9.17, 15) is 14.0 Å². The Morgan fingerprint density at radius 1 is 1.24 bits per heavy atom. The minimum atomic E-state index is -0.562. The Kier molecular flexibility index (Phi) is 4.79. The van der Waals surface area contributed by atoms with Crippen molar-refractivity contribution in [2.45, 2.75) is 13.5 Å². The van der Waals surface area contributed by atoms with Crippen molar-refractivity contribution in [1.82, 2.24) is 10.3 Å². The molecule has 0 bridgehead atoms. The molecular formula is C19H17FN2O3. The molecule has 0 saturated heterocycles. The van der Waals surface area contributed by atoms with Gasteiger partial charge in [-0.15, -0.1) is 0 Å². The van der Waals surface area contributed by atoms with Gasteiger partial charge in [0, 0.05) is 29.2 Å². The molecule has 2 aromatic carbocycles. The first-order valence-electron chi connectivity index (χ1n) is 7.90. The van der Waals surface area contributed by atoms with Gasteiger partial charge in [-0.25, -0.2) is 4.39 Å². The van der Waals surface area contributed by atoms with E-state index in [-0.39, 0.29) is 12.1 Å². The Labute approximate surface area is 143 Å². The minimum Gasteiger partial charge on any atom is -0.494 e. The summed E-state index contributed by atoms with van der Waals surface area (Å²) in [5.74, 6) is -0.408. The summed E-state index contributed by atoms with van der Waals surface area (Å²) in [4.78, 5) is 27.8. The predicted molar refractivity (Wildman–Crippen MR) is 93.3 cm³/mol. The predicted octanol–water partition coefficient (Wildman–Crippen LogP) is 3.00. The molecule has 3 aromatic rings. The van der Waals surface area contributed by atoms with Crippen molar-refractivity contribution in [1.29, 1.82) is 0 Å². The van der Waals surface area contributed by atoms with Crippen LogP contribution < -0.4 is 15.5 Å². The molecule has 5 nitrogen and oxygen atoms in total. The molecule has 0 unspecified atom stereocenters. The topological polar surface area (TPSA) is 71.2 Å². The van der Waals surface area contributed by atoms with Crippen LogP contribution in [-0.4, -0.2) is 17.5 Å². The zero-order valence-electron chi connectivity index (χ0n) is 13.6. The highest BCUT2D eigenvalue weighted by atomic mass is 19.1. The molecule has 1 heterocycles. The van der Waals surface area contributed by atoms with Crippen molar-refractivity contribution in [3.05, 3.63) is 75.8 Å². The molecule has 25 heavy (non-hydrogen) atoms. The smallest absolute Gasteiger partial charge is 0.257 e. The number of aromatic amines is 1. The van der Waals surface area contributed by atoms with Gasteiger partial charge in [0.2, 0.25) is 5.43 Å². The van der Waals surface area contributed by atoms with Gasteiger partial charge >= 0.3 is 0 Å². The minimum absolute atomic E-state index is 0.00195. The second-order valence-corrected chi connectivity index (χ2v) is 5.45. The second kappa shape index (κ2) is 7.17. The van der Waals surface area contributed by atoms with E-state index in [2.05, 4.69) is 10.3 Å².